The summed E-state index contributed by atoms with van der Waals surface area (Å²) in [6.07, 6.45) is 0.851. The van der Waals surface area contributed by atoms with Crippen LogP contribution in [-0.4, -0.2) is 22.2 Å². The molecule has 1 aliphatic rings. The zero-order chi connectivity index (χ0) is 18.9. The van der Waals surface area contributed by atoms with Crippen LogP contribution in [0.15, 0.2) is 36.4 Å². The van der Waals surface area contributed by atoms with Crippen LogP contribution in [-0.2, 0) is 27.8 Å². The number of carboxylic acids is 2. The van der Waals surface area contributed by atoms with Crippen molar-refractivity contribution in [2.24, 2.45) is 0 Å². The smallest absolute Gasteiger partial charge is 0.303 e. The zero-order valence-corrected chi connectivity index (χ0v) is 14.9. The fraction of sp³-hybridized carbons (Fsp3) is 0.333. The van der Waals surface area contributed by atoms with E-state index in [0.717, 1.165) is 22.3 Å². The SMILES string of the molecule is CC1(C)c2cccc(CCC(=O)O)c2Oc2c(CCC(=O)O)cccc21. The van der Waals surface area contributed by atoms with E-state index in [1.807, 2.05) is 36.4 Å². The maximum atomic E-state index is 11.0. The first-order valence-corrected chi connectivity index (χ1v) is 8.67. The predicted octanol–water partition coefficient (Wildman–Crippen LogP) is 4.15. The molecule has 5 heteroatoms. The molecule has 2 aromatic rings. The molecule has 0 unspecified atom stereocenters. The molecule has 0 spiro atoms. The second-order valence-electron chi connectivity index (χ2n) is 7.10. The molecule has 0 amide bonds. The average Bonchev–Trinajstić information content (AvgIpc) is 2.58. The van der Waals surface area contributed by atoms with E-state index in [0.29, 0.717) is 24.3 Å². The molecule has 2 N–H and O–H groups in total. The third-order valence-corrected chi connectivity index (χ3v) is 4.96. The topological polar surface area (TPSA) is 83.8 Å². The Morgan fingerprint density at radius 1 is 0.846 bits per heavy atom. The average molecular weight is 354 g/mol. The first kappa shape index (κ1) is 18.0. The van der Waals surface area contributed by atoms with E-state index >= 15 is 0 Å². The molecule has 0 aromatic heterocycles. The summed E-state index contributed by atoms with van der Waals surface area (Å²) in [5, 5.41) is 18.0. The minimum absolute atomic E-state index is 0.0355. The molecular formula is C21H22O5. The maximum absolute atomic E-state index is 11.0. The van der Waals surface area contributed by atoms with Gasteiger partial charge in [0.25, 0.3) is 0 Å². The van der Waals surface area contributed by atoms with E-state index in [-0.39, 0.29) is 18.3 Å². The largest absolute Gasteiger partial charge is 0.481 e. The van der Waals surface area contributed by atoms with E-state index in [9.17, 15) is 9.59 Å². The number of aryl methyl sites for hydroxylation is 2. The molecule has 5 nitrogen and oxygen atoms in total. The van der Waals surface area contributed by atoms with E-state index in [1.165, 1.54) is 0 Å². The van der Waals surface area contributed by atoms with Crippen molar-refractivity contribution in [1.29, 1.82) is 0 Å². The summed E-state index contributed by atoms with van der Waals surface area (Å²) in [5.74, 6) is -0.288. The number of para-hydroxylation sites is 2. The minimum atomic E-state index is -0.847. The van der Waals surface area contributed by atoms with Gasteiger partial charge in [-0.3, -0.25) is 9.59 Å². The number of fused-ring (bicyclic) bond motifs is 2. The lowest BCUT2D eigenvalue weighted by molar-refractivity contribution is -0.138. The van der Waals surface area contributed by atoms with E-state index in [1.54, 1.807) is 0 Å². The van der Waals surface area contributed by atoms with Gasteiger partial charge in [0.2, 0.25) is 0 Å². The third kappa shape index (κ3) is 3.29. The highest BCUT2D eigenvalue weighted by atomic mass is 16.5. The second-order valence-corrected chi connectivity index (χ2v) is 7.10. The Bertz CT molecular complexity index is 797. The molecule has 1 heterocycles. The maximum Gasteiger partial charge on any atom is 0.303 e. The Labute approximate surface area is 152 Å². The van der Waals surface area contributed by atoms with Crippen LogP contribution in [0.4, 0.5) is 0 Å². The lowest BCUT2D eigenvalue weighted by Crippen LogP contribution is -2.25. The number of hydrogen-bond acceptors (Lipinski definition) is 3. The molecule has 0 atom stereocenters. The Balaban J connectivity index is 2.06. The number of carboxylic acid groups (broad SMARTS) is 2. The monoisotopic (exact) mass is 354 g/mol. The Morgan fingerprint density at radius 2 is 1.27 bits per heavy atom. The highest BCUT2D eigenvalue weighted by Gasteiger charge is 2.36. The molecular weight excluding hydrogens is 332 g/mol. The fourth-order valence-corrected chi connectivity index (χ4v) is 3.52. The first-order chi connectivity index (χ1) is 12.3. The molecule has 0 bridgehead atoms. The molecule has 0 fully saturated rings. The van der Waals surface area contributed by atoms with Crippen LogP contribution < -0.4 is 4.74 Å². The van der Waals surface area contributed by atoms with Gasteiger partial charge in [-0.25, -0.2) is 0 Å². The summed E-state index contributed by atoms with van der Waals surface area (Å²) >= 11 is 0. The quantitative estimate of drug-likeness (QED) is 0.814. The summed E-state index contributed by atoms with van der Waals surface area (Å²) in [7, 11) is 0. The molecule has 0 radical (unpaired) electrons. The van der Waals surface area contributed by atoms with Gasteiger partial charge in [-0.15, -0.1) is 0 Å². The molecule has 136 valence electrons. The Morgan fingerprint density at radius 3 is 1.65 bits per heavy atom. The number of carbonyl (C=O) groups is 2. The summed E-state index contributed by atoms with van der Waals surface area (Å²) < 4.78 is 6.25. The first-order valence-electron chi connectivity index (χ1n) is 8.67. The molecule has 0 saturated carbocycles. The van der Waals surface area contributed by atoms with Crippen molar-refractivity contribution in [1.82, 2.24) is 0 Å². The molecule has 1 aliphatic heterocycles. The van der Waals surface area contributed by atoms with Crippen molar-refractivity contribution in [3.63, 3.8) is 0 Å². The van der Waals surface area contributed by atoms with Crippen LogP contribution in [0.25, 0.3) is 0 Å². The van der Waals surface area contributed by atoms with Crippen molar-refractivity contribution in [3.8, 4) is 11.5 Å². The molecule has 26 heavy (non-hydrogen) atoms. The third-order valence-electron chi connectivity index (χ3n) is 4.96. The van der Waals surface area contributed by atoms with E-state index in [4.69, 9.17) is 14.9 Å². The lowest BCUT2D eigenvalue weighted by atomic mass is 9.74. The van der Waals surface area contributed by atoms with Gasteiger partial charge in [-0.05, 0) is 24.0 Å². The van der Waals surface area contributed by atoms with Gasteiger partial charge in [0.15, 0.2) is 0 Å². The van der Waals surface area contributed by atoms with Gasteiger partial charge in [-0.2, -0.15) is 0 Å². The van der Waals surface area contributed by atoms with Gasteiger partial charge < -0.3 is 14.9 Å². The van der Waals surface area contributed by atoms with Gasteiger partial charge in [-0.1, -0.05) is 50.2 Å². The van der Waals surface area contributed by atoms with Crippen molar-refractivity contribution in [2.45, 2.75) is 44.9 Å². The normalized spacial score (nSPS) is 14.1. The summed E-state index contributed by atoms with van der Waals surface area (Å²) in [6, 6.07) is 11.7. The van der Waals surface area contributed by atoms with Gasteiger partial charge in [0.1, 0.15) is 11.5 Å². The zero-order valence-electron chi connectivity index (χ0n) is 14.9. The number of aliphatic carboxylic acids is 2. The molecule has 2 aromatic carbocycles. The number of hydrogen-bond donors (Lipinski definition) is 2. The van der Waals surface area contributed by atoms with E-state index < -0.39 is 11.9 Å². The Kier molecular flexibility index (Phi) is 4.72. The van der Waals surface area contributed by atoms with Crippen molar-refractivity contribution in [2.75, 3.05) is 0 Å². The number of rotatable bonds is 6. The van der Waals surface area contributed by atoms with Crippen LogP contribution in [0.1, 0.15) is 48.9 Å². The van der Waals surface area contributed by atoms with E-state index in [2.05, 4.69) is 13.8 Å². The van der Waals surface area contributed by atoms with Gasteiger partial charge >= 0.3 is 11.9 Å². The predicted molar refractivity (Wildman–Crippen MR) is 97.0 cm³/mol. The van der Waals surface area contributed by atoms with Crippen molar-refractivity contribution >= 4 is 11.9 Å². The summed E-state index contributed by atoms with van der Waals surface area (Å²) in [6.45, 7) is 4.21. The van der Waals surface area contributed by atoms with Gasteiger partial charge in [0, 0.05) is 29.4 Å². The summed E-state index contributed by atoms with van der Waals surface area (Å²) in [5.41, 5.74) is 3.43. The lowest BCUT2D eigenvalue weighted by Gasteiger charge is -2.36. The highest BCUT2D eigenvalue weighted by Crippen LogP contribution is 2.50. The van der Waals surface area contributed by atoms with Gasteiger partial charge in [0.05, 0.1) is 0 Å². The van der Waals surface area contributed by atoms with Crippen LogP contribution in [0.3, 0.4) is 0 Å². The van der Waals surface area contributed by atoms with Crippen molar-refractivity contribution < 1.29 is 24.5 Å². The second kappa shape index (κ2) is 6.83. The van der Waals surface area contributed by atoms with Crippen LogP contribution in [0, 0.1) is 0 Å². The highest BCUT2D eigenvalue weighted by molar-refractivity contribution is 5.69. The Hall–Kier alpha value is -2.82. The molecule has 0 aliphatic carbocycles. The number of benzene rings is 2. The summed E-state index contributed by atoms with van der Waals surface area (Å²) in [4.78, 5) is 21.9. The standard InChI is InChI=1S/C21H22O5/c1-21(2)15-7-3-5-13(9-11-17(22)23)19(15)26-20-14(10-12-18(24)25)6-4-8-16(20)21/h3-8H,9-12H2,1-2H3,(H,22,23)(H,24,25). The number of ether oxygens (including phenoxy) is 1. The molecule has 0 saturated heterocycles. The van der Waals surface area contributed by atoms with Crippen LogP contribution in [0.5, 0.6) is 11.5 Å². The van der Waals surface area contributed by atoms with Crippen LogP contribution in [0.2, 0.25) is 0 Å². The minimum Gasteiger partial charge on any atom is -0.481 e. The van der Waals surface area contributed by atoms with Crippen LogP contribution >= 0.6 is 0 Å². The van der Waals surface area contributed by atoms with Crippen molar-refractivity contribution in [3.05, 3.63) is 58.7 Å². The molecule has 3 rings (SSSR count). The fourth-order valence-electron chi connectivity index (χ4n) is 3.52.